The first-order valence-electron chi connectivity index (χ1n) is 12.2. The SMILES string of the molecule is c1cncc(Nc2nc3c4c(c[nH]c4n2)-c2ccc4ncc(cc4c2)OCCOc2cncc(c2)CN3)c1. The van der Waals surface area contributed by atoms with E-state index in [1.807, 2.05) is 36.5 Å². The van der Waals surface area contributed by atoms with Gasteiger partial charge in [-0.25, -0.2) is 0 Å². The first-order chi connectivity index (χ1) is 18.8. The molecule has 0 spiro atoms. The number of nitrogens with zero attached hydrogens (tertiary/aromatic N) is 5. The summed E-state index contributed by atoms with van der Waals surface area (Å²) in [4.78, 5) is 26.0. The van der Waals surface area contributed by atoms with Gasteiger partial charge in [0, 0.05) is 36.1 Å². The Morgan fingerprint density at radius 3 is 2.68 bits per heavy atom. The van der Waals surface area contributed by atoms with Crippen molar-refractivity contribution in [2.24, 2.45) is 0 Å². The molecule has 0 aliphatic carbocycles. The zero-order valence-electron chi connectivity index (χ0n) is 20.2. The van der Waals surface area contributed by atoms with Gasteiger partial charge in [-0.05, 0) is 47.5 Å². The second kappa shape index (κ2) is 9.32. The summed E-state index contributed by atoms with van der Waals surface area (Å²) < 4.78 is 11.8. The zero-order chi connectivity index (χ0) is 25.3. The fourth-order valence-corrected chi connectivity index (χ4v) is 4.51. The van der Waals surface area contributed by atoms with Crippen molar-refractivity contribution in [1.82, 2.24) is 29.9 Å². The van der Waals surface area contributed by atoms with E-state index in [4.69, 9.17) is 19.4 Å². The number of nitrogens with one attached hydrogen (secondary N) is 3. The van der Waals surface area contributed by atoms with Crippen molar-refractivity contribution in [2.45, 2.75) is 6.54 Å². The minimum Gasteiger partial charge on any atom is -0.488 e. The highest BCUT2D eigenvalue weighted by molar-refractivity contribution is 6.03. The summed E-state index contributed by atoms with van der Waals surface area (Å²) in [5.41, 5.74) is 5.32. The maximum atomic E-state index is 5.91. The van der Waals surface area contributed by atoms with E-state index in [9.17, 15) is 0 Å². The van der Waals surface area contributed by atoms with Crippen molar-refractivity contribution >= 4 is 39.4 Å². The molecule has 0 radical (unpaired) electrons. The molecule has 186 valence electrons. The number of anilines is 3. The van der Waals surface area contributed by atoms with Crippen LogP contribution in [0.3, 0.4) is 0 Å². The molecule has 10 heteroatoms. The molecule has 1 aliphatic rings. The predicted molar refractivity (Wildman–Crippen MR) is 145 cm³/mol. The van der Waals surface area contributed by atoms with Crippen molar-refractivity contribution in [3.05, 3.63) is 85.2 Å². The molecule has 7 rings (SSSR count). The highest BCUT2D eigenvalue weighted by atomic mass is 16.5. The Morgan fingerprint density at radius 1 is 0.868 bits per heavy atom. The number of ether oxygens (including phenoxy) is 2. The van der Waals surface area contributed by atoms with Gasteiger partial charge in [0.25, 0.3) is 0 Å². The topological polar surface area (TPSA) is 123 Å². The van der Waals surface area contributed by atoms with Crippen molar-refractivity contribution in [3.8, 4) is 22.6 Å². The summed E-state index contributed by atoms with van der Waals surface area (Å²) >= 11 is 0. The third kappa shape index (κ3) is 4.28. The lowest BCUT2D eigenvalue weighted by Gasteiger charge is -2.12. The molecule has 5 bridgehead atoms. The number of hydrogen-bond donors (Lipinski definition) is 3. The predicted octanol–water partition coefficient (Wildman–Crippen LogP) is 5.09. The lowest BCUT2D eigenvalue weighted by Crippen LogP contribution is -2.10. The molecular formula is C28H22N8O2. The van der Waals surface area contributed by atoms with Gasteiger partial charge in [-0.15, -0.1) is 0 Å². The summed E-state index contributed by atoms with van der Waals surface area (Å²) in [6.07, 6.45) is 10.6. The third-order valence-corrected chi connectivity index (χ3v) is 6.27. The largest absolute Gasteiger partial charge is 0.488 e. The number of hydrogen-bond acceptors (Lipinski definition) is 9. The average molecular weight is 503 g/mol. The smallest absolute Gasteiger partial charge is 0.231 e. The fraction of sp³-hybridized carbons (Fsp3) is 0.107. The third-order valence-electron chi connectivity index (χ3n) is 6.27. The van der Waals surface area contributed by atoms with Gasteiger partial charge < -0.3 is 25.1 Å². The standard InChI is InChI=1S/C28H22N8O2/c1-2-20(13-29-5-1)34-28-35-26-25-23(16-33-27(25)36-28)18-3-4-24-19(9-18)10-22(15-31-24)38-7-6-37-21-8-17(12-32-26)11-30-14-21/h1-5,8-11,13-16H,6-7,12H2,(H3,32,33,34,35,36). The van der Waals surface area contributed by atoms with E-state index in [-0.39, 0.29) is 0 Å². The Kier molecular flexibility index (Phi) is 5.39. The van der Waals surface area contributed by atoms with E-state index < -0.39 is 0 Å². The van der Waals surface area contributed by atoms with Crippen LogP contribution in [0.15, 0.2) is 79.6 Å². The monoisotopic (exact) mass is 502 g/mol. The fourth-order valence-electron chi connectivity index (χ4n) is 4.51. The molecular weight excluding hydrogens is 480 g/mol. The van der Waals surface area contributed by atoms with Crippen molar-refractivity contribution < 1.29 is 9.47 Å². The molecule has 5 aromatic heterocycles. The minimum absolute atomic E-state index is 0.387. The Labute approximate surface area is 217 Å². The molecule has 10 nitrogen and oxygen atoms in total. The van der Waals surface area contributed by atoms with E-state index in [0.717, 1.165) is 38.7 Å². The van der Waals surface area contributed by atoms with Crippen LogP contribution in [0.25, 0.3) is 33.1 Å². The van der Waals surface area contributed by atoms with Crippen LogP contribution < -0.4 is 20.1 Å². The first-order valence-corrected chi connectivity index (χ1v) is 12.2. The second-order valence-electron chi connectivity index (χ2n) is 8.85. The van der Waals surface area contributed by atoms with Crippen LogP contribution in [0.4, 0.5) is 17.5 Å². The van der Waals surface area contributed by atoms with Crippen LogP contribution in [-0.4, -0.2) is 43.1 Å². The zero-order valence-corrected chi connectivity index (χ0v) is 20.2. The van der Waals surface area contributed by atoms with Crippen LogP contribution in [-0.2, 0) is 6.54 Å². The van der Waals surface area contributed by atoms with Crippen LogP contribution >= 0.6 is 0 Å². The van der Waals surface area contributed by atoms with Gasteiger partial charge >= 0.3 is 0 Å². The quantitative estimate of drug-likeness (QED) is 0.297. The number of rotatable bonds is 2. The lowest BCUT2D eigenvalue weighted by molar-refractivity contribution is 0.216. The van der Waals surface area contributed by atoms with E-state index in [1.165, 1.54) is 0 Å². The number of benzene rings is 1. The molecule has 6 aromatic rings. The van der Waals surface area contributed by atoms with Crippen LogP contribution in [0.1, 0.15) is 5.56 Å². The lowest BCUT2D eigenvalue weighted by atomic mass is 10.0. The number of fused-ring (bicyclic) bond motifs is 5. The summed E-state index contributed by atoms with van der Waals surface area (Å²) in [5, 5.41) is 8.60. The molecule has 0 atom stereocenters. The van der Waals surface area contributed by atoms with Gasteiger partial charge in [0.15, 0.2) is 0 Å². The maximum absolute atomic E-state index is 5.91. The Hall–Kier alpha value is -5.25. The number of aromatic amines is 1. The van der Waals surface area contributed by atoms with Gasteiger partial charge in [-0.1, -0.05) is 6.07 Å². The van der Waals surface area contributed by atoms with E-state index >= 15 is 0 Å². The first kappa shape index (κ1) is 22.0. The van der Waals surface area contributed by atoms with Crippen LogP contribution in [0.2, 0.25) is 0 Å². The molecule has 0 unspecified atom stereocenters. The van der Waals surface area contributed by atoms with Crippen molar-refractivity contribution in [2.75, 3.05) is 23.8 Å². The molecule has 0 saturated heterocycles. The second-order valence-corrected chi connectivity index (χ2v) is 8.85. The molecule has 0 amide bonds. The van der Waals surface area contributed by atoms with Gasteiger partial charge in [0.05, 0.1) is 35.2 Å². The van der Waals surface area contributed by atoms with Crippen LogP contribution in [0.5, 0.6) is 11.5 Å². The summed E-state index contributed by atoms with van der Waals surface area (Å²) in [6, 6.07) is 13.9. The molecule has 1 aliphatic heterocycles. The van der Waals surface area contributed by atoms with Crippen molar-refractivity contribution in [1.29, 1.82) is 0 Å². The van der Waals surface area contributed by atoms with Gasteiger partial charge in [0.2, 0.25) is 5.95 Å². The molecule has 0 fully saturated rings. The maximum Gasteiger partial charge on any atom is 0.231 e. The normalized spacial score (nSPS) is 13.1. The van der Waals surface area contributed by atoms with Crippen LogP contribution in [0, 0.1) is 0 Å². The molecule has 1 aromatic carbocycles. The summed E-state index contributed by atoms with van der Waals surface area (Å²) in [7, 11) is 0. The van der Waals surface area contributed by atoms with Gasteiger partial charge in [-0.2, -0.15) is 9.97 Å². The van der Waals surface area contributed by atoms with Gasteiger partial charge in [-0.3, -0.25) is 15.0 Å². The molecule has 38 heavy (non-hydrogen) atoms. The van der Waals surface area contributed by atoms with E-state index in [1.54, 1.807) is 31.0 Å². The Balaban J connectivity index is 1.38. The Bertz CT molecular complexity index is 1770. The number of H-pyrrole nitrogens is 1. The highest BCUT2D eigenvalue weighted by Gasteiger charge is 2.17. The summed E-state index contributed by atoms with van der Waals surface area (Å²) in [6.45, 7) is 1.27. The Morgan fingerprint density at radius 2 is 1.79 bits per heavy atom. The van der Waals surface area contributed by atoms with Gasteiger partial charge in [0.1, 0.15) is 36.2 Å². The minimum atomic E-state index is 0.387. The van der Waals surface area contributed by atoms with E-state index in [0.29, 0.717) is 48.7 Å². The molecule has 0 saturated carbocycles. The van der Waals surface area contributed by atoms with E-state index in [2.05, 4.69) is 42.7 Å². The molecule has 6 heterocycles. The molecule has 3 N–H and O–H groups in total. The summed E-state index contributed by atoms with van der Waals surface area (Å²) in [5.74, 6) is 2.49. The number of pyridine rings is 3. The highest BCUT2D eigenvalue weighted by Crippen LogP contribution is 2.35. The average Bonchev–Trinajstić information content (AvgIpc) is 3.38. The van der Waals surface area contributed by atoms with Crippen molar-refractivity contribution in [3.63, 3.8) is 0 Å². The number of aromatic nitrogens is 6.